The largest absolute Gasteiger partial charge is 0.372 e. The molecule has 0 aliphatic carbocycles. The fourth-order valence-electron chi connectivity index (χ4n) is 2.22. The number of aromatic amines is 1. The zero-order valence-corrected chi connectivity index (χ0v) is 9.48. The Hall–Kier alpha value is -1.68. The molecule has 0 amide bonds. The first-order chi connectivity index (χ1) is 8.34. The third-order valence-electron chi connectivity index (χ3n) is 3.11. The van der Waals surface area contributed by atoms with Crippen molar-refractivity contribution in [3.05, 3.63) is 40.3 Å². The average Bonchev–Trinajstić information content (AvgIpc) is 2.39. The first-order valence-electron chi connectivity index (χ1n) is 5.95. The van der Waals surface area contributed by atoms with E-state index < -0.39 is 0 Å². The van der Waals surface area contributed by atoms with E-state index in [0.717, 1.165) is 36.9 Å². The summed E-state index contributed by atoms with van der Waals surface area (Å²) in [4.78, 5) is 19.2. The van der Waals surface area contributed by atoms with E-state index in [-0.39, 0.29) is 11.7 Å². The predicted molar refractivity (Wildman–Crippen MR) is 64.9 cm³/mol. The zero-order chi connectivity index (χ0) is 11.7. The third kappa shape index (κ3) is 1.96. The lowest BCUT2D eigenvalue weighted by molar-refractivity contribution is 0.0116. The van der Waals surface area contributed by atoms with Crippen LogP contribution < -0.4 is 5.56 Å². The van der Waals surface area contributed by atoms with E-state index in [1.165, 1.54) is 0 Å². The highest BCUT2D eigenvalue weighted by molar-refractivity contribution is 5.73. The number of ether oxygens (including phenoxy) is 1. The fourth-order valence-corrected chi connectivity index (χ4v) is 2.22. The predicted octanol–water partition coefficient (Wildman–Crippen LogP) is 2.16. The van der Waals surface area contributed by atoms with Crippen molar-refractivity contribution in [2.75, 3.05) is 6.61 Å². The van der Waals surface area contributed by atoms with Gasteiger partial charge in [-0.15, -0.1) is 0 Å². The molecule has 1 aliphatic heterocycles. The van der Waals surface area contributed by atoms with Crippen LogP contribution in [0.5, 0.6) is 0 Å². The second kappa shape index (κ2) is 4.30. The number of rotatable bonds is 1. The molecule has 2 aromatic rings. The summed E-state index contributed by atoms with van der Waals surface area (Å²) in [5.74, 6) is 0. The number of H-pyrrole nitrogens is 1. The van der Waals surface area contributed by atoms with Gasteiger partial charge in [-0.05, 0) is 31.4 Å². The Morgan fingerprint density at radius 1 is 1.29 bits per heavy atom. The highest BCUT2D eigenvalue weighted by Gasteiger charge is 2.20. The van der Waals surface area contributed by atoms with Gasteiger partial charge in [-0.2, -0.15) is 0 Å². The molecule has 3 rings (SSSR count). The van der Waals surface area contributed by atoms with Crippen LogP contribution in [-0.2, 0) is 4.74 Å². The summed E-state index contributed by atoms with van der Waals surface area (Å²) in [6.45, 7) is 0.721. The van der Waals surface area contributed by atoms with Crippen LogP contribution in [0.25, 0.3) is 11.0 Å². The molecule has 1 atom stereocenters. The highest BCUT2D eigenvalue weighted by Crippen LogP contribution is 2.24. The Balaban J connectivity index is 2.09. The Bertz CT molecular complexity index is 585. The Morgan fingerprint density at radius 3 is 3.00 bits per heavy atom. The van der Waals surface area contributed by atoms with Crippen LogP contribution in [0, 0.1) is 0 Å². The second-order valence-corrected chi connectivity index (χ2v) is 4.32. The van der Waals surface area contributed by atoms with Gasteiger partial charge in [0.05, 0.1) is 11.0 Å². The van der Waals surface area contributed by atoms with Gasteiger partial charge in [0.15, 0.2) is 0 Å². The average molecular weight is 230 g/mol. The summed E-state index contributed by atoms with van der Waals surface area (Å²) in [5.41, 5.74) is 1.98. The van der Waals surface area contributed by atoms with Crippen LogP contribution in [-0.4, -0.2) is 16.6 Å². The highest BCUT2D eigenvalue weighted by atomic mass is 16.5. The molecule has 1 saturated heterocycles. The minimum absolute atomic E-state index is 0.129. The van der Waals surface area contributed by atoms with Crippen molar-refractivity contribution in [2.24, 2.45) is 0 Å². The van der Waals surface area contributed by atoms with E-state index in [0.29, 0.717) is 5.69 Å². The third-order valence-corrected chi connectivity index (χ3v) is 3.11. The van der Waals surface area contributed by atoms with Crippen LogP contribution in [0.1, 0.15) is 31.1 Å². The molecule has 4 nitrogen and oxygen atoms in total. The molecule has 2 heterocycles. The van der Waals surface area contributed by atoms with Crippen LogP contribution in [0.4, 0.5) is 0 Å². The van der Waals surface area contributed by atoms with Crippen molar-refractivity contribution in [1.29, 1.82) is 0 Å². The molecule has 0 radical (unpaired) electrons. The summed E-state index contributed by atoms with van der Waals surface area (Å²) in [6.07, 6.45) is 2.91. The summed E-state index contributed by atoms with van der Waals surface area (Å²) < 4.78 is 5.61. The molecule has 1 aromatic heterocycles. The maximum Gasteiger partial charge on any atom is 0.272 e. The van der Waals surface area contributed by atoms with E-state index in [2.05, 4.69) is 9.97 Å². The number of hydrogen-bond donors (Lipinski definition) is 1. The van der Waals surface area contributed by atoms with E-state index in [1.807, 2.05) is 24.3 Å². The molecule has 0 saturated carbocycles. The molecule has 1 N–H and O–H groups in total. The maximum atomic E-state index is 11.9. The molecule has 88 valence electrons. The minimum atomic E-state index is -0.142. The summed E-state index contributed by atoms with van der Waals surface area (Å²) in [6, 6.07) is 7.56. The number of hydrogen-bond acceptors (Lipinski definition) is 3. The molecule has 0 spiro atoms. The van der Waals surface area contributed by atoms with Gasteiger partial charge < -0.3 is 9.72 Å². The molecule has 1 aromatic carbocycles. The summed E-state index contributed by atoms with van der Waals surface area (Å²) in [7, 11) is 0. The monoisotopic (exact) mass is 230 g/mol. The zero-order valence-electron chi connectivity index (χ0n) is 9.48. The first kappa shape index (κ1) is 10.5. The number of aromatic nitrogens is 2. The normalized spacial score (nSPS) is 20.6. The van der Waals surface area contributed by atoms with E-state index in [1.54, 1.807) is 0 Å². The Labute approximate surface area is 98.6 Å². The van der Waals surface area contributed by atoms with Gasteiger partial charge in [-0.25, -0.2) is 4.98 Å². The number of para-hydroxylation sites is 2. The molecule has 0 bridgehead atoms. The quantitative estimate of drug-likeness (QED) is 0.816. The summed E-state index contributed by atoms with van der Waals surface area (Å²) in [5, 5.41) is 0. The lowest BCUT2D eigenvalue weighted by Gasteiger charge is -2.21. The fraction of sp³-hybridized carbons (Fsp3) is 0.385. The molecular formula is C13H14N2O2. The van der Waals surface area contributed by atoms with Crippen molar-refractivity contribution >= 4 is 11.0 Å². The van der Waals surface area contributed by atoms with Crippen molar-refractivity contribution in [1.82, 2.24) is 9.97 Å². The van der Waals surface area contributed by atoms with Gasteiger partial charge in [-0.3, -0.25) is 4.79 Å². The van der Waals surface area contributed by atoms with Gasteiger partial charge in [-0.1, -0.05) is 12.1 Å². The van der Waals surface area contributed by atoms with Crippen molar-refractivity contribution < 1.29 is 4.74 Å². The molecule has 1 aliphatic rings. The number of nitrogens with one attached hydrogen (secondary N) is 1. The molecular weight excluding hydrogens is 216 g/mol. The molecule has 0 unspecified atom stereocenters. The van der Waals surface area contributed by atoms with Crippen LogP contribution in [0.2, 0.25) is 0 Å². The molecule has 17 heavy (non-hydrogen) atoms. The maximum absolute atomic E-state index is 11.9. The van der Waals surface area contributed by atoms with Crippen LogP contribution >= 0.6 is 0 Å². The van der Waals surface area contributed by atoms with E-state index in [9.17, 15) is 4.79 Å². The standard InChI is InChI=1S/C13H14N2O2/c16-13-12(11-7-3-4-8-17-11)14-9-5-1-2-6-10(9)15-13/h1-2,5-6,11H,3-4,7-8H2,(H,15,16)/t11-/m0/s1. The van der Waals surface area contributed by atoms with E-state index in [4.69, 9.17) is 4.74 Å². The minimum Gasteiger partial charge on any atom is -0.372 e. The lowest BCUT2D eigenvalue weighted by Crippen LogP contribution is -2.23. The van der Waals surface area contributed by atoms with Gasteiger partial charge in [0.1, 0.15) is 11.8 Å². The van der Waals surface area contributed by atoms with Gasteiger partial charge in [0.2, 0.25) is 0 Å². The van der Waals surface area contributed by atoms with Gasteiger partial charge in [0.25, 0.3) is 5.56 Å². The van der Waals surface area contributed by atoms with Gasteiger partial charge >= 0.3 is 0 Å². The van der Waals surface area contributed by atoms with Crippen molar-refractivity contribution in [3.8, 4) is 0 Å². The lowest BCUT2D eigenvalue weighted by atomic mass is 10.1. The van der Waals surface area contributed by atoms with Crippen molar-refractivity contribution in [3.63, 3.8) is 0 Å². The molecule has 1 fully saturated rings. The van der Waals surface area contributed by atoms with Crippen LogP contribution in [0.15, 0.2) is 29.1 Å². The topological polar surface area (TPSA) is 55.0 Å². The number of fused-ring (bicyclic) bond motifs is 1. The van der Waals surface area contributed by atoms with Gasteiger partial charge in [0, 0.05) is 6.61 Å². The van der Waals surface area contributed by atoms with E-state index >= 15 is 0 Å². The van der Waals surface area contributed by atoms with Crippen molar-refractivity contribution in [2.45, 2.75) is 25.4 Å². The van der Waals surface area contributed by atoms with Crippen LogP contribution in [0.3, 0.4) is 0 Å². The SMILES string of the molecule is O=c1[nH]c2ccccc2nc1[C@@H]1CCCCO1. The number of benzene rings is 1. The first-order valence-corrected chi connectivity index (χ1v) is 5.95. The second-order valence-electron chi connectivity index (χ2n) is 4.32. The molecule has 4 heteroatoms. The Morgan fingerprint density at radius 2 is 2.18 bits per heavy atom. The summed E-state index contributed by atoms with van der Waals surface area (Å²) >= 11 is 0. The smallest absolute Gasteiger partial charge is 0.272 e. The number of nitrogens with zero attached hydrogens (tertiary/aromatic N) is 1. The Kier molecular flexibility index (Phi) is 2.65.